The van der Waals surface area contributed by atoms with Gasteiger partial charge in [0.15, 0.2) is 0 Å². The van der Waals surface area contributed by atoms with Crippen LogP contribution >= 0.6 is 0 Å². The highest BCUT2D eigenvalue weighted by molar-refractivity contribution is 5.83. The Labute approximate surface area is 143 Å². The predicted molar refractivity (Wildman–Crippen MR) is 99.0 cm³/mol. The molecule has 136 valence electrons. The minimum Gasteiger partial charge on any atom is -0.411 e. The first-order chi connectivity index (χ1) is 11.2. The maximum Gasteiger partial charge on any atom is 0.0570 e. The fourth-order valence-corrected chi connectivity index (χ4v) is 2.80. The summed E-state index contributed by atoms with van der Waals surface area (Å²) in [7, 11) is 0. The molecule has 0 aromatic carbocycles. The number of nitrogens with zero attached hydrogens (tertiary/aromatic N) is 2. The quantitative estimate of drug-likeness (QED) is 0.146. The molecule has 0 aromatic heterocycles. The van der Waals surface area contributed by atoms with E-state index in [2.05, 4.69) is 17.2 Å². The Hall–Kier alpha value is -1.06. The van der Waals surface area contributed by atoms with Crippen molar-refractivity contribution in [2.75, 3.05) is 0 Å². The average Bonchev–Trinajstić information content (AvgIpc) is 2.57. The molecule has 0 unspecified atom stereocenters. The van der Waals surface area contributed by atoms with Gasteiger partial charge in [0, 0.05) is 0 Å². The topological polar surface area (TPSA) is 65.2 Å². The van der Waals surface area contributed by atoms with Crippen LogP contribution in [0, 0.1) is 0 Å². The van der Waals surface area contributed by atoms with E-state index in [9.17, 15) is 0 Å². The molecule has 4 nitrogen and oxygen atoms in total. The molecule has 0 spiro atoms. The average molecular weight is 327 g/mol. The normalized spacial score (nSPS) is 12.8. The van der Waals surface area contributed by atoms with E-state index in [1.807, 2.05) is 6.92 Å². The molecule has 0 amide bonds. The van der Waals surface area contributed by atoms with Gasteiger partial charge in [0.05, 0.1) is 11.4 Å². The van der Waals surface area contributed by atoms with Crippen LogP contribution < -0.4 is 0 Å². The molecule has 0 aromatic rings. The molecular weight excluding hydrogens is 288 g/mol. The highest BCUT2D eigenvalue weighted by Gasteiger charge is 2.01. The Morgan fingerprint density at radius 1 is 0.609 bits per heavy atom. The zero-order valence-electron chi connectivity index (χ0n) is 15.4. The van der Waals surface area contributed by atoms with Crippen LogP contribution in [-0.4, -0.2) is 21.8 Å². The standard InChI is InChI=1S/C19H38N2O2/c1-3-4-5-6-7-10-13-16-19(21-23)17-14-11-8-9-12-15-18(2)20-22/h22-23H,3-17H2,1-2H3. The van der Waals surface area contributed by atoms with Gasteiger partial charge in [-0.05, 0) is 45.4 Å². The summed E-state index contributed by atoms with van der Waals surface area (Å²) >= 11 is 0. The van der Waals surface area contributed by atoms with E-state index < -0.39 is 0 Å². The zero-order chi connectivity index (χ0) is 17.2. The maximum atomic E-state index is 9.08. The van der Waals surface area contributed by atoms with Crippen molar-refractivity contribution in [1.82, 2.24) is 0 Å². The van der Waals surface area contributed by atoms with Crippen LogP contribution in [0.15, 0.2) is 10.3 Å². The molecule has 2 N–H and O–H groups in total. The molecule has 0 heterocycles. The van der Waals surface area contributed by atoms with Gasteiger partial charge in [-0.25, -0.2) is 0 Å². The number of hydrogen-bond acceptors (Lipinski definition) is 4. The van der Waals surface area contributed by atoms with Crippen molar-refractivity contribution in [3.05, 3.63) is 0 Å². The predicted octanol–water partition coefficient (Wildman–Crippen LogP) is 6.54. The molecule has 0 radical (unpaired) electrons. The van der Waals surface area contributed by atoms with Crippen LogP contribution in [0.1, 0.15) is 110 Å². The first kappa shape index (κ1) is 21.9. The molecule has 0 rings (SSSR count). The van der Waals surface area contributed by atoms with Gasteiger partial charge in [0.2, 0.25) is 0 Å². The SMILES string of the molecule is CCCCCCCCCC(CCCCCCCC(C)=NO)=NO. The summed E-state index contributed by atoms with van der Waals surface area (Å²) in [5.41, 5.74) is 1.79. The summed E-state index contributed by atoms with van der Waals surface area (Å²) in [6.45, 7) is 4.10. The summed E-state index contributed by atoms with van der Waals surface area (Å²) in [5, 5.41) is 24.3. The lowest BCUT2D eigenvalue weighted by atomic mass is 10.0. The molecule has 0 fully saturated rings. The first-order valence-corrected chi connectivity index (χ1v) is 9.61. The van der Waals surface area contributed by atoms with Crippen LogP contribution in [-0.2, 0) is 0 Å². The maximum absolute atomic E-state index is 9.08. The molecule has 0 saturated carbocycles. The van der Waals surface area contributed by atoms with Gasteiger partial charge < -0.3 is 10.4 Å². The van der Waals surface area contributed by atoms with E-state index in [0.717, 1.165) is 49.9 Å². The summed E-state index contributed by atoms with van der Waals surface area (Å²) in [6.07, 6.45) is 17.6. The van der Waals surface area contributed by atoms with Gasteiger partial charge in [-0.15, -0.1) is 0 Å². The minimum absolute atomic E-state index is 0.814. The first-order valence-electron chi connectivity index (χ1n) is 9.61. The molecule has 0 aliphatic carbocycles. The monoisotopic (exact) mass is 326 g/mol. The fraction of sp³-hybridized carbons (Fsp3) is 0.895. The number of hydrogen-bond donors (Lipinski definition) is 2. The molecule has 4 heteroatoms. The molecule has 0 atom stereocenters. The van der Waals surface area contributed by atoms with Crippen LogP contribution in [0.4, 0.5) is 0 Å². The number of unbranched alkanes of at least 4 members (excludes halogenated alkanes) is 10. The van der Waals surface area contributed by atoms with Gasteiger partial charge in [-0.3, -0.25) is 0 Å². The van der Waals surface area contributed by atoms with Gasteiger partial charge in [-0.2, -0.15) is 0 Å². The summed E-state index contributed by atoms with van der Waals surface area (Å²) in [5.74, 6) is 0. The van der Waals surface area contributed by atoms with E-state index in [4.69, 9.17) is 10.4 Å². The third-order valence-electron chi connectivity index (χ3n) is 4.38. The molecule has 0 bridgehead atoms. The van der Waals surface area contributed by atoms with Crippen molar-refractivity contribution < 1.29 is 10.4 Å². The van der Waals surface area contributed by atoms with Crippen LogP contribution in [0.3, 0.4) is 0 Å². The van der Waals surface area contributed by atoms with Crippen molar-refractivity contribution in [2.24, 2.45) is 10.3 Å². The summed E-state index contributed by atoms with van der Waals surface area (Å²) < 4.78 is 0. The van der Waals surface area contributed by atoms with Gasteiger partial charge >= 0.3 is 0 Å². The minimum atomic E-state index is 0.814. The van der Waals surface area contributed by atoms with Crippen molar-refractivity contribution in [3.63, 3.8) is 0 Å². The third kappa shape index (κ3) is 15.6. The van der Waals surface area contributed by atoms with E-state index >= 15 is 0 Å². The van der Waals surface area contributed by atoms with Crippen LogP contribution in [0.2, 0.25) is 0 Å². The van der Waals surface area contributed by atoms with Crippen molar-refractivity contribution in [2.45, 2.75) is 110 Å². The lowest BCUT2D eigenvalue weighted by molar-refractivity contribution is 0.315. The van der Waals surface area contributed by atoms with E-state index in [1.54, 1.807) is 0 Å². The second kappa shape index (κ2) is 17.3. The largest absolute Gasteiger partial charge is 0.411 e. The van der Waals surface area contributed by atoms with Crippen LogP contribution in [0.5, 0.6) is 0 Å². The molecule has 0 aliphatic heterocycles. The fourth-order valence-electron chi connectivity index (χ4n) is 2.80. The molecule has 0 aliphatic rings. The summed E-state index contributed by atoms with van der Waals surface area (Å²) in [6, 6.07) is 0. The second-order valence-corrected chi connectivity index (χ2v) is 6.64. The van der Waals surface area contributed by atoms with E-state index in [0.29, 0.717) is 0 Å². The summed E-state index contributed by atoms with van der Waals surface area (Å²) in [4.78, 5) is 0. The molecule has 23 heavy (non-hydrogen) atoms. The smallest absolute Gasteiger partial charge is 0.0570 e. The van der Waals surface area contributed by atoms with E-state index in [-0.39, 0.29) is 0 Å². The highest BCUT2D eigenvalue weighted by Crippen LogP contribution is 2.13. The van der Waals surface area contributed by atoms with E-state index in [1.165, 1.54) is 57.8 Å². The molecule has 0 saturated heterocycles. The van der Waals surface area contributed by atoms with Gasteiger partial charge in [0.1, 0.15) is 0 Å². The molecular formula is C19H38N2O2. The van der Waals surface area contributed by atoms with Gasteiger partial charge in [0.25, 0.3) is 0 Å². The van der Waals surface area contributed by atoms with Crippen molar-refractivity contribution in [1.29, 1.82) is 0 Å². The Kier molecular flexibility index (Phi) is 16.5. The number of rotatable bonds is 16. The number of oxime groups is 2. The van der Waals surface area contributed by atoms with Crippen LogP contribution in [0.25, 0.3) is 0 Å². The Bertz CT molecular complexity index is 314. The second-order valence-electron chi connectivity index (χ2n) is 6.64. The third-order valence-corrected chi connectivity index (χ3v) is 4.38. The lowest BCUT2D eigenvalue weighted by Gasteiger charge is -2.05. The van der Waals surface area contributed by atoms with Crippen molar-refractivity contribution >= 4 is 11.4 Å². The Balaban J connectivity index is 3.42. The highest BCUT2D eigenvalue weighted by atomic mass is 16.4. The Morgan fingerprint density at radius 2 is 1.04 bits per heavy atom. The lowest BCUT2D eigenvalue weighted by Crippen LogP contribution is -1.99. The Morgan fingerprint density at radius 3 is 1.48 bits per heavy atom. The van der Waals surface area contributed by atoms with Gasteiger partial charge in [-0.1, -0.05) is 75.0 Å². The zero-order valence-corrected chi connectivity index (χ0v) is 15.4. The van der Waals surface area contributed by atoms with Crippen molar-refractivity contribution in [3.8, 4) is 0 Å².